The first-order valence-electron chi connectivity index (χ1n) is 11.8. The van der Waals surface area contributed by atoms with Crippen LogP contribution in [0.5, 0.6) is 0 Å². The summed E-state index contributed by atoms with van der Waals surface area (Å²) in [5.41, 5.74) is 3.75. The Morgan fingerprint density at radius 2 is 1.59 bits per heavy atom. The number of imidazole rings is 1. The van der Waals surface area contributed by atoms with E-state index in [0.717, 1.165) is 79.7 Å². The van der Waals surface area contributed by atoms with Crippen molar-refractivity contribution in [1.82, 2.24) is 19.5 Å². The van der Waals surface area contributed by atoms with Gasteiger partial charge in [-0.25, -0.2) is 9.97 Å². The minimum absolute atomic E-state index is 0.186. The van der Waals surface area contributed by atoms with Gasteiger partial charge in [-0.2, -0.15) is 4.98 Å². The maximum atomic E-state index is 10.0. The van der Waals surface area contributed by atoms with E-state index >= 15 is 0 Å². The minimum atomic E-state index is -0.220. The van der Waals surface area contributed by atoms with E-state index in [-0.39, 0.29) is 24.3 Å². The van der Waals surface area contributed by atoms with Crippen molar-refractivity contribution in [2.45, 2.75) is 82.6 Å². The number of para-hydroxylation sites is 1. The molecule has 0 amide bonds. The van der Waals surface area contributed by atoms with E-state index in [9.17, 15) is 10.2 Å². The number of hydrogen-bond acceptors (Lipinski definition) is 7. The van der Waals surface area contributed by atoms with Crippen LogP contribution in [0.2, 0.25) is 0 Å². The fraction of sp³-hybridized carbons (Fsp3) is 0.542. The summed E-state index contributed by atoms with van der Waals surface area (Å²) in [5.74, 6) is 1.38. The van der Waals surface area contributed by atoms with Gasteiger partial charge in [0.05, 0.1) is 18.4 Å². The molecule has 2 heterocycles. The van der Waals surface area contributed by atoms with Crippen molar-refractivity contribution >= 4 is 28.7 Å². The summed E-state index contributed by atoms with van der Waals surface area (Å²) in [6, 6.07) is 8.68. The highest BCUT2D eigenvalue weighted by molar-refractivity contribution is 5.77. The average Bonchev–Trinajstić information content (AvgIpc) is 3.15. The molecule has 2 aliphatic rings. The molecule has 170 valence electrons. The van der Waals surface area contributed by atoms with Crippen molar-refractivity contribution in [1.29, 1.82) is 0 Å². The van der Waals surface area contributed by atoms with Gasteiger partial charge in [0.1, 0.15) is 5.52 Å². The first-order chi connectivity index (χ1) is 15.6. The third-order valence-corrected chi connectivity index (χ3v) is 6.89. The zero-order valence-electron chi connectivity index (χ0n) is 18.5. The molecule has 1 aromatic carbocycles. The highest BCUT2D eigenvalue weighted by Crippen LogP contribution is 2.35. The molecule has 3 aromatic rings. The van der Waals surface area contributed by atoms with Crippen molar-refractivity contribution in [3.8, 4) is 0 Å². The van der Waals surface area contributed by atoms with Crippen LogP contribution in [0.15, 0.2) is 30.5 Å². The van der Waals surface area contributed by atoms with Gasteiger partial charge >= 0.3 is 0 Å². The van der Waals surface area contributed by atoms with E-state index in [0.29, 0.717) is 5.95 Å². The highest BCUT2D eigenvalue weighted by Gasteiger charge is 2.27. The van der Waals surface area contributed by atoms with Crippen LogP contribution in [0.3, 0.4) is 0 Å². The van der Waals surface area contributed by atoms with Crippen LogP contribution in [-0.2, 0) is 0 Å². The molecular weight excluding hydrogens is 404 g/mol. The van der Waals surface area contributed by atoms with Gasteiger partial charge in [0.15, 0.2) is 5.65 Å². The van der Waals surface area contributed by atoms with Crippen molar-refractivity contribution in [2.75, 3.05) is 10.6 Å². The number of aliphatic hydroxyl groups is 2. The van der Waals surface area contributed by atoms with Crippen molar-refractivity contribution < 1.29 is 10.2 Å². The lowest BCUT2D eigenvalue weighted by molar-refractivity contribution is 0.112. The zero-order valence-corrected chi connectivity index (χ0v) is 18.5. The Hall–Kier alpha value is -2.71. The lowest BCUT2D eigenvalue weighted by atomic mass is 9.93. The van der Waals surface area contributed by atoms with Gasteiger partial charge in [-0.3, -0.25) is 4.57 Å². The van der Waals surface area contributed by atoms with Gasteiger partial charge in [0.25, 0.3) is 0 Å². The van der Waals surface area contributed by atoms with Crippen LogP contribution < -0.4 is 10.6 Å². The number of aryl methyl sites for hydroxylation is 1. The number of hydrogen-bond donors (Lipinski definition) is 4. The molecule has 0 spiro atoms. The normalized spacial score (nSPS) is 26.2. The second-order valence-corrected chi connectivity index (χ2v) is 9.26. The lowest BCUT2D eigenvalue weighted by Crippen LogP contribution is -2.29. The Kier molecular flexibility index (Phi) is 5.97. The molecule has 32 heavy (non-hydrogen) atoms. The number of fused-ring (bicyclic) bond motifs is 1. The molecule has 0 aliphatic heterocycles. The quantitative estimate of drug-likeness (QED) is 0.477. The van der Waals surface area contributed by atoms with E-state index in [1.807, 2.05) is 12.1 Å². The van der Waals surface area contributed by atoms with Gasteiger partial charge in [-0.1, -0.05) is 18.2 Å². The van der Waals surface area contributed by atoms with Crippen LogP contribution >= 0.6 is 0 Å². The van der Waals surface area contributed by atoms with Crippen LogP contribution in [-0.4, -0.2) is 48.0 Å². The Morgan fingerprint density at radius 1 is 0.906 bits per heavy atom. The van der Waals surface area contributed by atoms with E-state index < -0.39 is 0 Å². The fourth-order valence-electron chi connectivity index (χ4n) is 4.95. The lowest BCUT2D eigenvalue weighted by Gasteiger charge is -2.28. The molecule has 4 N–H and O–H groups in total. The highest BCUT2D eigenvalue weighted by atomic mass is 16.3. The summed E-state index contributed by atoms with van der Waals surface area (Å²) < 4.78 is 2.20. The predicted molar refractivity (Wildman–Crippen MR) is 125 cm³/mol. The third kappa shape index (κ3) is 4.42. The first-order valence-corrected chi connectivity index (χ1v) is 11.8. The smallest absolute Gasteiger partial charge is 0.224 e. The van der Waals surface area contributed by atoms with Gasteiger partial charge in [0, 0.05) is 17.8 Å². The first kappa shape index (κ1) is 21.2. The largest absolute Gasteiger partial charge is 0.393 e. The summed E-state index contributed by atoms with van der Waals surface area (Å²) in [4.78, 5) is 14.3. The van der Waals surface area contributed by atoms with Gasteiger partial charge in [0.2, 0.25) is 11.9 Å². The average molecular weight is 437 g/mol. The third-order valence-electron chi connectivity index (χ3n) is 6.89. The number of nitrogens with one attached hydrogen (secondary N) is 2. The Labute approximate surface area is 188 Å². The van der Waals surface area contributed by atoms with Crippen molar-refractivity contribution in [2.24, 2.45) is 0 Å². The number of benzene rings is 1. The Morgan fingerprint density at radius 3 is 2.31 bits per heavy atom. The molecule has 0 radical (unpaired) electrons. The molecule has 2 saturated carbocycles. The van der Waals surface area contributed by atoms with Crippen LogP contribution in [0.1, 0.15) is 63.0 Å². The molecule has 8 nitrogen and oxygen atoms in total. The van der Waals surface area contributed by atoms with Crippen molar-refractivity contribution in [3.63, 3.8) is 0 Å². The number of anilines is 3. The van der Waals surface area contributed by atoms with Gasteiger partial charge < -0.3 is 20.8 Å². The fourth-order valence-corrected chi connectivity index (χ4v) is 4.95. The van der Waals surface area contributed by atoms with Crippen LogP contribution in [0, 0.1) is 6.92 Å². The summed E-state index contributed by atoms with van der Waals surface area (Å²) >= 11 is 0. The Balaban J connectivity index is 1.49. The van der Waals surface area contributed by atoms with Gasteiger partial charge in [-0.05, 0) is 69.9 Å². The van der Waals surface area contributed by atoms with Gasteiger partial charge in [-0.15, -0.1) is 0 Å². The molecule has 0 saturated heterocycles. The molecule has 0 atom stereocenters. The zero-order chi connectivity index (χ0) is 22.1. The standard InChI is InChI=1S/C24H32N6O2/c1-15-4-2-3-5-20(15)27-24-28-21-14-25-23(26-16-6-10-18(31)11-7-16)29-22(21)30(24)17-8-12-19(32)13-9-17/h2-5,14,16-19,31-32H,6-13H2,1H3,(H,27,28)(H,25,26,29). The number of nitrogens with zero attached hydrogens (tertiary/aromatic N) is 4. The summed E-state index contributed by atoms with van der Waals surface area (Å²) in [6.45, 7) is 2.08. The molecule has 2 aliphatic carbocycles. The Bertz CT molecular complexity index is 1070. The summed E-state index contributed by atoms with van der Waals surface area (Å²) in [5, 5.41) is 26.8. The van der Waals surface area contributed by atoms with E-state index in [1.165, 1.54) is 0 Å². The maximum absolute atomic E-state index is 10.0. The molecule has 2 fully saturated rings. The topological polar surface area (TPSA) is 108 Å². The SMILES string of the molecule is Cc1ccccc1Nc1nc2cnc(NC3CCC(O)CC3)nc2n1C1CCC(O)CC1. The number of aromatic nitrogens is 4. The van der Waals surface area contributed by atoms with E-state index in [4.69, 9.17) is 9.97 Å². The number of rotatable bonds is 5. The molecule has 2 aromatic heterocycles. The maximum Gasteiger partial charge on any atom is 0.224 e. The second kappa shape index (κ2) is 9.03. The van der Waals surface area contributed by atoms with E-state index in [2.05, 4.69) is 39.2 Å². The van der Waals surface area contributed by atoms with Crippen molar-refractivity contribution in [3.05, 3.63) is 36.0 Å². The van der Waals surface area contributed by atoms with E-state index in [1.54, 1.807) is 6.20 Å². The molecule has 5 rings (SSSR count). The molecular formula is C24H32N6O2. The predicted octanol–water partition coefficient (Wildman–Crippen LogP) is 4.07. The molecule has 0 bridgehead atoms. The monoisotopic (exact) mass is 436 g/mol. The molecule has 8 heteroatoms. The molecule has 0 unspecified atom stereocenters. The summed E-state index contributed by atoms with van der Waals surface area (Å²) in [6.07, 6.45) is 8.20. The number of aliphatic hydroxyl groups excluding tert-OH is 2. The second-order valence-electron chi connectivity index (χ2n) is 9.26. The summed E-state index contributed by atoms with van der Waals surface area (Å²) in [7, 11) is 0. The van der Waals surface area contributed by atoms with Crippen LogP contribution in [0.4, 0.5) is 17.6 Å². The van der Waals surface area contributed by atoms with Crippen LogP contribution in [0.25, 0.3) is 11.2 Å². The minimum Gasteiger partial charge on any atom is -0.393 e.